The molecule has 0 bridgehead atoms. The van der Waals surface area contributed by atoms with Gasteiger partial charge in [0.15, 0.2) is 0 Å². The van der Waals surface area contributed by atoms with Crippen molar-refractivity contribution in [3.05, 3.63) is 41.8 Å². The summed E-state index contributed by atoms with van der Waals surface area (Å²) in [7, 11) is 0. The highest BCUT2D eigenvalue weighted by molar-refractivity contribution is 8.02. The van der Waals surface area contributed by atoms with Crippen molar-refractivity contribution in [3.63, 3.8) is 0 Å². The number of aliphatic hydroxyl groups is 1. The molecule has 124 valence electrons. The quantitative estimate of drug-likeness (QED) is 0.473. The number of hydrogen-bond donors (Lipinski definition) is 1. The fourth-order valence-corrected chi connectivity index (χ4v) is 4.08. The first-order chi connectivity index (χ1) is 10.6. The lowest BCUT2D eigenvalue weighted by atomic mass is 10.3. The fraction of sp³-hybridized carbons (Fsp3) is 0.529. The molecule has 0 radical (unpaired) electrons. The van der Waals surface area contributed by atoms with E-state index in [1.54, 1.807) is 23.5 Å². The van der Waals surface area contributed by atoms with Gasteiger partial charge in [-0.25, -0.2) is 0 Å². The maximum Gasteiger partial charge on any atom is 0.215 e. The molecule has 1 atom stereocenters. The molecule has 1 rings (SSSR count). The number of benzene rings is 1. The zero-order chi connectivity index (χ0) is 16.3. The van der Waals surface area contributed by atoms with E-state index in [0.717, 1.165) is 0 Å². The molecule has 1 aromatic carbocycles. The molecular weight excluding hydrogens is 316 g/mol. The Balaban J connectivity index is 2.63. The molecular formula is C17H26O3S2. The van der Waals surface area contributed by atoms with Gasteiger partial charge in [0.2, 0.25) is 5.12 Å². The van der Waals surface area contributed by atoms with Crippen LogP contribution < -0.4 is 0 Å². The highest BCUT2D eigenvalue weighted by Gasteiger charge is 2.29. The van der Waals surface area contributed by atoms with Gasteiger partial charge < -0.3 is 14.6 Å². The van der Waals surface area contributed by atoms with Gasteiger partial charge in [-0.1, -0.05) is 47.8 Å². The van der Waals surface area contributed by atoms with Gasteiger partial charge in [-0.15, -0.1) is 0 Å². The largest absolute Gasteiger partial charge is 0.396 e. The zero-order valence-electron chi connectivity index (χ0n) is 13.5. The number of rotatable bonds is 11. The third kappa shape index (κ3) is 7.70. The van der Waals surface area contributed by atoms with Crippen LogP contribution in [0, 0.1) is 0 Å². The summed E-state index contributed by atoms with van der Waals surface area (Å²) >= 11 is 3.27. The van der Waals surface area contributed by atoms with Crippen LogP contribution in [0.2, 0.25) is 0 Å². The normalized spacial score (nSPS) is 13.6. The van der Waals surface area contributed by atoms with Crippen LogP contribution >= 0.6 is 23.5 Å². The number of hydrogen-bond acceptors (Lipinski definition) is 5. The van der Waals surface area contributed by atoms with Crippen molar-refractivity contribution in [3.8, 4) is 0 Å². The lowest BCUT2D eigenvalue weighted by Crippen LogP contribution is -2.31. The SMILES string of the molecule is CCOC(C)(OCC)SC(C=CSc1ccccc1)CCO. The van der Waals surface area contributed by atoms with Crippen molar-refractivity contribution in [1.82, 2.24) is 0 Å². The molecule has 1 N–H and O–H groups in total. The van der Waals surface area contributed by atoms with Gasteiger partial charge in [0.1, 0.15) is 0 Å². The van der Waals surface area contributed by atoms with Crippen LogP contribution in [0.25, 0.3) is 0 Å². The molecule has 0 amide bonds. The minimum absolute atomic E-state index is 0.143. The number of thioether (sulfide) groups is 2. The van der Waals surface area contributed by atoms with Gasteiger partial charge in [0.25, 0.3) is 0 Å². The Bertz CT molecular complexity index is 417. The maximum atomic E-state index is 9.27. The Morgan fingerprint density at radius 2 is 1.82 bits per heavy atom. The van der Waals surface area contributed by atoms with Gasteiger partial charge in [-0.3, -0.25) is 0 Å². The average Bonchev–Trinajstić information content (AvgIpc) is 2.49. The molecule has 0 saturated heterocycles. The van der Waals surface area contributed by atoms with Crippen molar-refractivity contribution < 1.29 is 14.6 Å². The van der Waals surface area contributed by atoms with E-state index in [9.17, 15) is 5.11 Å². The van der Waals surface area contributed by atoms with Crippen LogP contribution in [0.5, 0.6) is 0 Å². The molecule has 0 aliphatic heterocycles. The number of aliphatic hydroxyl groups excluding tert-OH is 1. The summed E-state index contributed by atoms with van der Waals surface area (Å²) in [4.78, 5) is 1.20. The Hall–Kier alpha value is -0.460. The summed E-state index contributed by atoms with van der Waals surface area (Å²) in [6.45, 7) is 7.19. The van der Waals surface area contributed by atoms with E-state index in [1.807, 2.05) is 39.0 Å². The molecule has 5 heteroatoms. The molecule has 0 spiro atoms. The van der Waals surface area contributed by atoms with Gasteiger partial charge in [-0.05, 0) is 37.8 Å². The van der Waals surface area contributed by atoms with Crippen molar-refractivity contribution in [2.24, 2.45) is 0 Å². The summed E-state index contributed by atoms with van der Waals surface area (Å²) in [6.07, 6.45) is 2.78. The second-order valence-corrected chi connectivity index (χ2v) is 7.22. The second-order valence-electron chi connectivity index (χ2n) is 4.66. The molecule has 0 aliphatic rings. The Kier molecular flexibility index (Phi) is 9.91. The predicted molar refractivity (Wildman–Crippen MR) is 96.2 cm³/mol. The minimum atomic E-state index is -0.676. The Labute approximate surface area is 142 Å². The van der Waals surface area contributed by atoms with Gasteiger partial charge in [0.05, 0.1) is 0 Å². The molecule has 0 aliphatic carbocycles. The van der Waals surface area contributed by atoms with Crippen molar-refractivity contribution in [2.45, 2.75) is 42.5 Å². The van der Waals surface area contributed by atoms with E-state index in [0.29, 0.717) is 19.6 Å². The zero-order valence-corrected chi connectivity index (χ0v) is 15.2. The Morgan fingerprint density at radius 3 is 2.36 bits per heavy atom. The van der Waals surface area contributed by atoms with Crippen LogP contribution in [-0.4, -0.2) is 35.3 Å². The number of ether oxygens (including phenoxy) is 2. The van der Waals surface area contributed by atoms with E-state index in [2.05, 4.69) is 23.6 Å². The van der Waals surface area contributed by atoms with Crippen molar-refractivity contribution >= 4 is 23.5 Å². The maximum absolute atomic E-state index is 9.27. The molecule has 3 nitrogen and oxygen atoms in total. The summed E-state index contributed by atoms with van der Waals surface area (Å²) in [6, 6.07) is 10.2. The van der Waals surface area contributed by atoms with Gasteiger partial charge >= 0.3 is 0 Å². The predicted octanol–water partition coefficient (Wildman–Crippen LogP) is 4.52. The lowest BCUT2D eigenvalue weighted by Gasteiger charge is -2.31. The van der Waals surface area contributed by atoms with Crippen molar-refractivity contribution in [1.29, 1.82) is 0 Å². The molecule has 22 heavy (non-hydrogen) atoms. The summed E-state index contributed by atoms with van der Waals surface area (Å²) in [5.74, 6) is 0. The van der Waals surface area contributed by atoms with E-state index < -0.39 is 5.12 Å². The Morgan fingerprint density at radius 1 is 1.18 bits per heavy atom. The van der Waals surface area contributed by atoms with Crippen molar-refractivity contribution in [2.75, 3.05) is 19.8 Å². The van der Waals surface area contributed by atoms with Gasteiger partial charge in [-0.2, -0.15) is 0 Å². The minimum Gasteiger partial charge on any atom is -0.396 e. The van der Waals surface area contributed by atoms with E-state index >= 15 is 0 Å². The summed E-state index contributed by atoms with van der Waals surface area (Å²) in [5, 5.41) is 10.8. The summed E-state index contributed by atoms with van der Waals surface area (Å²) in [5.41, 5.74) is 0. The first-order valence-electron chi connectivity index (χ1n) is 7.58. The molecule has 1 unspecified atom stereocenters. The smallest absolute Gasteiger partial charge is 0.215 e. The first-order valence-corrected chi connectivity index (χ1v) is 9.34. The van der Waals surface area contributed by atoms with Crippen LogP contribution in [0.3, 0.4) is 0 Å². The second kappa shape index (κ2) is 11.1. The van der Waals surface area contributed by atoms with Crippen LogP contribution in [-0.2, 0) is 9.47 Å². The topological polar surface area (TPSA) is 38.7 Å². The standard InChI is InChI=1S/C17H26O3S2/c1-4-19-17(3,20-5-2)22-16(11-13-18)12-14-21-15-9-7-6-8-10-15/h6-10,12,14,16,18H,4-5,11,13H2,1-3H3. The third-order valence-corrected chi connectivity index (χ3v) is 5.03. The lowest BCUT2D eigenvalue weighted by molar-refractivity contribution is -0.153. The molecule has 1 aromatic rings. The molecule has 0 aromatic heterocycles. The third-order valence-electron chi connectivity index (χ3n) is 2.83. The highest BCUT2D eigenvalue weighted by atomic mass is 32.2. The fourth-order valence-electron chi connectivity index (χ4n) is 1.94. The van der Waals surface area contributed by atoms with E-state index in [-0.39, 0.29) is 11.9 Å². The van der Waals surface area contributed by atoms with Gasteiger partial charge in [0, 0.05) is 36.9 Å². The van der Waals surface area contributed by atoms with Crippen LogP contribution in [0.4, 0.5) is 0 Å². The molecule has 0 fully saturated rings. The van der Waals surface area contributed by atoms with Crippen LogP contribution in [0.1, 0.15) is 27.2 Å². The van der Waals surface area contributed by atoms with Crippen LogP contribution in [0.15, 0.2) is 46.7 Å². The first kappa shape index (κ1) is 19.6. The molecule has 0 saturated carbocycles. The average molecular weight is 343 g/mol. The highest BCUT2D eigenvalue weighted by Crippen LogP contribution is 2.34. The summed E-state index contributed by atoms with van der Waals surface area (Å²) < 4.78 is 11.5. The van der Waals surface area contributed by atoms with E-state index in [1.165, 1.54) is 4.90 Å². The monoisotopic (exact) mass is 342 g/mol. The van der Waals surface area contributed by atoms with E-state index in [4.69, 9.17) is 9.47 Å². The molecule has 0 heterocycles.